The van der Waals surface area contributed by atoms with Crippen LogP contribution in [0.15, 0.2) is 41.4 Å². The first-order valence-electron chi connectivity index (χ1n) is 7.73. The number of anilines is 1. The van der Waals surface area contributed by atoms with Crippen LogP contribution in [0.3, 0.4) is 0 Å². The van der Waals surface area contributed by atoms with E-state index in [2.05, 4.69) is 15.3 Å². The monoisotopic (exact) mass is 378 g/mol. The molecular formula is C17H19ClN4O2S. The summed E-state index contributed by atoms with van der Waals surface area (Å²) in [4.78, 5) is 8.53. The molecular weight excluding hydrogens is 360 g/mol. The lowest BCUT2D eigenvalue weighted by Crippen LogP contribution is -2.27. The minimum absolute atomic E-state index is 0.0155. The Morgan fingerprint density at radius 1 is 1.08 bits per heavy atom. The Hall–Kier alpha value is -2.12. The van der Waals surface area contributed by atoms with Gasteiger partial charge in [-0.2, -0.15) is 4.98 Å². The van der Waals surface area contributed by atoms with Crippen LogP contribution in [-0.4, -0.2) is 27.9 Å². The van der Waals surface area contributed by atoms with Crippen molar-refractivity contribution >= 4 is 38.5 Å². The quantitative estimate of drug-likeness (QED) is 0.700. The highest BCUT2D eigenvalue weighted by molar-refractivity contribution is 7.90. The molecule has 1 aromatic carbocycles. The first-order chi connectivity index (χ1) is 11.6. The van der Waals surface area contributed by atoms with Crippen molar-refractivity contribution < 1.29 is 8.42 Å². The van der Waals surface area contributed by atoms with Crippen molar-refractivity contribution in [3.63, 3.8) is 0 Å². The van der Waals surface area contributed by atoms with E-state index in [1.807, 2.05) is 27.7 Å². The number of halogens is 1. The molecule has 0 fully saturated rings. The Labute approximate surface area is 151 Å². The van der Waals surface area contributed by atoms with E-state index >= 15 is 0 Å². The van der Waals surface area contributed by atoms with Crippen molar-refractivity contribution in [1.82, 2.24) is 13.9 Å². The second-order valence-corrected chi connectivity index (χ2v) is 9.04. The van der Waals surface area contributed by atoms with Crippen molar-refractivity contribution in [2.75, 3.05) is 5.32 Å². The van der Waals surface area contributed by atoms with E-state index in [0.29, 0.717) is 11.2 Å². The summed E-state index contributed by atoms with van der Waals surface area (Å²) >= 11 is 6.03. The fraction of sp³-hybridized carbons (Fsp3) is 0.294. The molecule has 0 bridgehead atoms. The van der Waals surface area contributed by atoms with Gasteiger partial charge in [-0.25, -0.2) is 17.4 Å². The highest BCUT2D eigenvalue weighted by Gasteiger charge is 2.23. The summed E-state index contributed by atoms with van der Waals surface area (Å²) in [6, 6.07) is 8.34. The third-order valence-corrected chi connectivity index (χ3v) is 5.40. The Morgan fingerprint density at radius 2 is 1.72 bits per heavy atom. The molecule has 3 aromatic rings. The molecule has 6 nitrogen and oxygen atoms in total. The fourth-order valence-electron chi connectivity index (χ4n) is 2.43. The van der Waals surface area contributed by atoms with E-state index in [9.17, 15) is 8.42 Å². The summed E-state index contributed by atoms with van der Waals surface area (Å²) in [6.45, 7) is 7.84. The first-order valence-corrected chi connectivity index (χ1v) is 9.55. The van der Waals surface area contributed by atoms with Gasteiger partial charge >= 0.3 is 0 Å². The van der Waals surface area contributed by atoms with Crippen LogP contribution in [-0.2, 0) is 10.0 Å². The molecule has 25 heavy (non-hydrogen) atoms. The van der Waals surface area contributed by atoms with E-state index < -0.39 is 10.0 Å². The average Bonchev–Trinajstić information content (AvgIpc) is 2.90. The van der Waals surface area contributed by atoms with Crippen LogP contribution in [0.25, 0.3) is 11.0 Å². The zero-order valence-electron chi connectivity index (χ0n) is 14.4. The zero-order chi connectivity index (χ0) is 18.4. The van der Waals surface area contributed by atoms with Gasteiger partial charge in [0.05, 0.1) is 10.3 Å². The van der Waals surface area contributed by atoms with E-state index in [1.165, 1.54) is 6.20 Å². The van der Waals surface area contributed by atoms with Gasteiger partial charge in [0.15, 0.2) is 5.65 Å². The third-order valence-electron chi connectivity index (χ3n) is 3.55. The minimum atomic E-state index is -3.78. The third kappa shape index (κ3) is 3.48. The number of fused-ring (bicyclic) bond motifs is 1. The number of benzene rings is 1. The van der Waals surface area contributed by atoms with Gasteiger partial charge in [0.2, 0.25) is 5.28 Å². The molecule has 0 saturated heterocycles. The van der Waals surface area contributed by atoms with E-state index in [-0.39, 0.29) is 21.4 Å². The molecule has 3 rings (SSSR count). The van der Waals surface area contributed by atoms with Gasteiger partial charge in [-0.1, -0.05) is 17.7 Å². The van der Waals surface area contributed by atoms with E-state index in [4.69, 9.17) is 11.6 Å². The number of aromatic nitrogens is 3. The molecule has 0 aliphatic carbocycles. The van der Waals surface area contributed by atoms with Gasteiger partial charge in [-0.15, -0.1) is 0 Å². The van der Waals surface area contributed by atoms with Crippen molar-refractivity contribution in [3.05, 3.63) is 47.4 Å². The van der Waals surface area contributed by atoms with Crippen LogP contribution in [0.5, 0.6) is 0 Å². The number of nitrogens with one attached hydrogen (secondary N) is 1. The van der Waals surface area contributed by atoms with Crippen LogP contribution in [0, 0.1) is 6.92 Å². The number of hydrogen-bond donors (Lipinski definition) is 1. The molecule has 0 unspecified atom stereocenters. The molecule has 0 radical (unpaired) electrons. The van der Waals surface area contributed by atoms with E-state index in [0.717, 1.165) is 9.54 Å². The predicted molar refractivity (Wildman–Crippen MR) is 99.7 cm³/mol. The summed E-state index contributed by atoms with van der Waals surface area (Å²) in [6.07, 6.45) is 1.47. The van der Waals surface area contributed by atoms with Crippen LogP contribution >= 0.6 is 11.6 Å². The highest BCUT2D eigenvalue weighted by atomic mass is 35.5. The molecule has 0 spiro atoms. The van der Waals surface area contributed by atoms with Gasteiger partial charge < -0.3 is 5.32 Å². The van der Waals surface area contributed by atoms with E-state index in [1.54, 1.807) is 30.3 Å². The zero-order valence-corrected chi connectivity index (χ0v) is 16.0. The Kier molecular flexibility index (Phi) is 4.25. The normalized spacial score (nSPS) is 12.5. The van der Waals surface area contributed by atoms with Gasteiger partial charge in [0.1, 0.15) is 5.82 Å². The number of nitrogens with zero attached hydrogens (tertiary/aromatic N) is 3. The molecule has 132 valence electrons. The topological polar surface area (TPSA) is 76.9 Å². The summed E-state index contributed by atoms with van der Waals surface area (Å²) in [5.41, 5.74) is 0.966. The van der Waals surface area contributed by atoms with Crippen LogP contribution < -0.4 is 5.32 Å². The summed E-state index contributed by atoms with van der Waals surface area (Å²) in [7, 11) is -3.78. The molecule has 0 atom stereocenters. The maximum absolute atomic E-state index is 13.0. The van der Waals surface area contributed by atoms with Crippen LogP contribution in [0.1, 0.15) is 26.3 Å². The average molecular weight is 379 g/mol. The molecule has 2 heterocycles. The molecule has 0 amide bonds. The second kappa shape index (κ2) is 6.00. The van der Waals surface area contributed by atoms with Crippen LogP contribution in [0.2, 0.25) is 5.28 Å². The number of rotatable bonds is 3. The Morgan fingerprint density at radius 3 is 2.32 bits per heavy atom. The predicted octanol–water partition coefficient (Wildman–Crippen LogP) is 3.84. The molecule has 0 aliphatic rings. The number of aryl methyl sites for hydroxylation is 1. The molecule has 1 N–H and O–H groups in total. The maximum atomic E-state index is 13.0. The molecule has 2 aromatic heterocycles. The maximum Gasteiger partial charge on any atom is 0.269 e. The Balaban J connectivity index is 2.20. The van der Waals surface area contributed by atoms with Crippen molar-refractivity contribution in [1.29, 1.82) is 0 Å². The molecule has 0 saturated carbocycles. The lowest BCUT2D eigenvalue weighted by atomic mass is 10.1. The van der Waals surface area contributed by atoms with Crippen molar-refractivity contribution in [2.24, 2.45) is 0 Å². The largest absolute Gasteiger partial charge is 0.365 e. The van der Waals surface area contributed by atoms with Crippen molar-refractivity contribution in [2.45, 2.75) is 38.1 Å². The lowest BCUT2D eigenvalue weighted by Gasteiger charge is -2.21. The highest BCUT2D eigenvalue weighted by Crippen LogP contribution is 2.28. The van der Waals surface area contributed by atoms with Crippen molar-refractivity contribution in [3.8, 4) is 0 Å². The van der Waals surface area contributed by atoms with Gasteiger partial charge in [-0.3, -0.25) is 0 Å². The summed E-state index contributed by atoms with van der Waals surface area (Å²) < 4.78 is 27.1. The number of hydrogen-bond acceptors (Lipinski definition) is 5. The lowest BCUT2D eigenvalue weighted by molar-refractivity contribution is 0.588. The van der Waals surface area contributed by atoms with Gasteiger partial charge in [0, 0.05) is 11.7 Å². The molecule has 8 heteroatoms. The Bertz CT molecular complexity index is 1030. The minimum Gasteiger partial charge on any atom is -0.365 e. The first kappa shape index (κ1) is 17.7. The smallest absolute Gasteiger partial charge is 0.269 e. The summed E-state index contributed by atoms with van der Waals surface area (Å²) in [5.74, 6) is 0.500. The fourth-order valence-corrected chi connectivity index (χ4v) is 3.89. The van der Waals surface area contributed by atoms with Crippen LogP contribution in [0.4, 0.5) is 5.82 Å². The van der Waals surface area contributed by atoms with Gasteiger partial charge in [-0.05, 0) is 57.5 Å². The second-order valence-electron chi connectivity index (χ2n) is 6.88. The summed E-state index contributed by atoms with van der Waals surface area (Å²) in [5, 5.41) is 3.81. The molecule has 0 aliphatic heterocycles. The SMILES string of the molecule is Cc1ccc(S(=O)(=O)n2ccc3c(NC(C)(C)C)nc(Cl)nc32)cc1. The standard InChI is InChI=1S/C17H19ClN4O2S/c1-11-5-7-12(8-6-11)25(23,24)22-10-9-13-14(21-17(2,3)4)19-16(18)20-15(13)22/h5-10H,1-4H3,(H,19,20,21). The van der Waals surface area contributed by atoms with Gasteiger partial charge in [0.25, 0.3) is 10.0 Å².